The summed E-state index contributed by atoms with van der Waals surface area (Å²) >= 11 is 0. The van der Waals surface area contributed by atoms with Gasteiger partial charge in [0.2, 0.25) is 0 Å². The number of hydrogen-bond donors (Lipinski definition) is 2. The Morgan fingerprint density at radius 1 is 0.912 bits per heavy atom. The number of aromatic nitrogens is 2. The number of hydrogen-bond acceptors (Lipinski definition) is 4. The van der Waals surface area contributed by atoms with Gasteiger partial charge < -0.3 is 19.6 Å². The van der Waals surface area contributed by atoms with E-state index in [1.165, 1.54) is 47.7 Å². The molecule has 0 unspecified atom stereocenters. The largest absolute Gasteiger partial charge is 0.497 e. The average Bonchev–Trinajstić information content (AvgIpc) is 3.55. The molecule has 6 rings (SSSR count). The Labute approximate surface area is 200 Å². The molecule has 6 nitrogen and oxygen atoms in total. The zero-order chi connectivity index (χ0) is 23.1. The Kier molecular flexibility index (Phi) is 5.43. The SMILES string of the molecule is COc1cc(N2CCN([C@H]3CC[C@H](c4c[nH]c5ccc(C#N)cc54)CC3)CC2)c2cc[nH]c2c1. The van der Waals surface area contributed by atoms with Gasteiger partial charge in [-0.05, 0) is 61.4 Å². The highest BCUT2D eigenvalue weighted by atomic mass is 16.5. The fourth-order valence-electron chi connectivity index (χ4n) is 6.13. The molecular weight excluding hydrogens is 422 g/mol. The van der Waals surface area contributed by atoms with Crippen molar-refractivity contribution in [1.82, 2.24) is 14.9 Å². The normalized spacial score (nSPS) is 21.7. The number of rotatable bonds is 4. The lowest BCUT2D eigenvalue weighted by Crippen LogP contribution is -2.51. The van der Waals surface area contributed by atoms with Crippen molar-refractivity contribution in [1.29, 1.82) is 5.26 Å². The van der Waals surface area contributed by atoms with Crippen LogP contribution in [0.15, 0.2) is 48.8 Å². The minimum Gasteiger partial charge on any atom is -0.497 e. The van der Waals surface area contributed by atoms with Gasteiger partial charge in [-0.25, -0.2) is 0 Å². The lowest BCUT2D eigenvalue weighted by Gasteiger charge is -2.43. The number of fused-ring (bicyclic) bond motifs is 2. The van der Waals surface area contributed by atoms with Crippen LogP contribution in [0, 0.1) is 11.3 Å². The van der Waals surface area contributed by atoms with E-state index in [9.17, 15) is 5.26 Å². The van der Waals surface area contributed by atoms with Crippen LogP contribution in [0.1, 0.15) is 42.7 Å². The maximum Gasteiger partial charge on any atom is 0.123 e. The third kappa shape index (κ3) is 3.70. The second-order valence-corrected chi connectivity index (χ2v) is 9.73. The number of nitrogens with zero attached hydrogens (tertiary/aromatic N) is 3. The van der Waals surface area contributed by atoms with Gasteiger partial charge in [0, 0.05) is 78.7 Å². The van der Waals surface area contributed by atoms with Crippen molar-refractivity contribution in [2.75, 3.05) is 38.2 Å². The zero-order valence-electron chi connectivity index (χ0n) is 19.7. The van der Waals surface area contributed by atoms with Gasteiger partial charge in [0.1, 0.15) is 5.75 Å². The summed E-state index contributed by atoms with van der Waals surface area (Å²) in [7, 11) is 1.74. The van der Waals surface area contributed by atoms with Crippen LogP contribution in [0.25, 0.3) is 21.8 Å². The molecule has 2 aromatic heterocycles. The van der Waals surface area contributed by atoms with Crippen LogP contribution in [0.2, 0.25) is 0 Å². The number of piperazine rings is 1. The van der Waals surface area contributed by atoms with E-state index in [4.69, 9.17) is 4.74 Å². The summed E-state index contributed by atoms with van der Waals surface area (Å²) in [5.41, 5.74) is 5.68. The Morgan fingerprint density at radius 2 is 1.74 bits per heavy atom. The standard InChI is InChI=1S/C28H31N5O/c1-34-22-15-27-23(8-9-30-27)28(16-22)33-12-10-32(11-13-33)21-5-3-20(4-6-21)25-18-31-26-7-2-19(17-29)14-24(25)26/h2,7-9,14-16,18,20-21,30-31H,3-6,10-13H2,1H3/t20-,21-. The summed E-state index contributed by atoms with van der Waals surface area (Å²) in [5, 5.41) is 11.8. The number of nitrogens with one attached hydrogen (secondary N) is 2. The Hall–Kier alpha value is -3.43. The zero-order valence-corrected chi connectivity index (χ0v) is 19.7. The fourth-order valence-corrected chi connectivity index (χ4v) is 6.13. The van der Waals surface area contributed by atoms with Crippen LogP contribution >= 0.6 is 0 Å². The molecule has 4 aromatic rings. The molecule has 34 heavy (non-hydrogen) atoms. The van der Waals surface area contributed by atoms with E-state index in [-0.39, 0.29) is 0 Å². The van der Waals surface area contributed by atoms with Gasteiger partial charge in [-0.1, -0.05) is 0 Å². The van der Waals surface area contributed by atoms with Crippen molar-refractivity contribution in [3.8, 4) is 11.8 Å². The minimum absolute atomic E-state index is 0.582. The highest BCUT2D eigenvalue weighted by Gasteiger charge is 2.30. The van der Waals surface area contributed by atoms with E-state index < -0.39 is 0 Å². The van der Waals surface area contributed by atoms with E-state index in [1.54, 1.807) is 7.11 Å². The van der Waals surface area contributed by atoms with Crippen LogP contribution in [0.5, 0.6) is 5.75 Å². The van der Waals surface area contributed by atoms with E-state index in [0.29, 0.717) is 12.0 Å². The first-order chi connectivity index (χ1) is 16.7. The van der Waals surface area contributed by atoms with Gasteiger partial charge in [-0.3, -0.25) is 4.90 Å². The van der Waals surface area contributed by atoms with Crippen LogP contribution < -0.4 is 9.64 Å². The topological polar surface area (TPSA) is 71.1 Å². The number of anilines is 1. The van der Waals surface area contributed by atoms with Gasteiger partial charge in [-0.15, -0.1) is 0 Å². The van der Waals surface area contributed by atoms with Crippen LogP contribution in [0.4, 0.5) is 5.69 Å². The molecule has 2 fully saturated rings. The minimum atomic E-state index is 0.582. The molecule has 2 aromatic carbocycles. The van der Waals surface area contributed by atoms with Crippen molar-refractivity contribution in [2.45, 2.75) is 37.6 Å². The van der Waals surface area contributed by atoms with Gasteiger partial charge >= 0.3 is 0 Å². The number of benzene rings is 2. The number of aromatic amines is 2. The van der Waals surface area contributed by atoms with E-state index >= 15 is 0 Å². The smallest absolute Gasteiger partial charge is 0.123 e. The first-order valence-electron chi connectivity index (χ1n) is 12.4. The second kappa shape index (κ2) is 8.73. The van der Waals surface area contributed by atoms with Crippen LogP contribution in [-0.4, -0.2) is 54.2 Å². The second-order valence-electron chi connectivity index (χ2n) is 9.73. The fraction of sp³-hybridized carbons (Fsp3) is 0.393. The molecule has 174 valence electrons. The summed E-state index contributed by atoms with van der Waals surface area (Å²) in [5.74, 6) is 1.49. The summed E-state index contributed by atoms with van der Waals surface area (Å²) in [6.07, 6.45) is 9.11. The monoisotopic (exact) mass is 453 g/mol. The Balaban J connectivity index is 1.10. The maximum atomic E-state index is 9.30. The van der Waals surface area contributed by atoms with Gasteiger partial charge in [0.05, 0.1) is 24.3 Å². The number of ether oxygens (including phenoxy) is 1. The number of methoxy groups -OCH3 is 1. The van der Waals surface area contributed by atoms with Crippen molar-refractivity contribution in [2.24, 2.45) is 0 Å². The third-order valence-electron chi connectivity index (χ3n) is 8.01. The molecule has 1 saturated heterocycles. The average molecular weight is 454 g/mol. The van der Waals surface area contributed by atoms with E-state index in [2.05, 4.69) is 50.2 Å². The van der Waals surface area contributed by atoms with E-state index in [1.807, 2.05) is 24.4 Å². The third-order valence-corrected chi connectivity index (χ3v) is 8.01. The first kappa shape index (κ1) is 21.1. The molecule has 0 amide bonds. The molecule has 1 saturated carbocycles. The molecule has 2 N–H and O–H groups in total. The molecule has 1 aliphatic heterocycles. The summed E-state index contributed by atoms with van der Waals surface area (Å²) in [6, 6.07) is 15.4. The first-order valence-corrected chi connectivity index (χ1v) is 12.4. The molecule has 0 atom stereocenters. The highest BCUT2D eigenvalue weighted by molar-refractivity contribution is 5.94. The van der Waals surface area contributed by atoms with Crippen molar-refractivity contribution < 1.29 is 4.74 Å². The van der Waals surface area contributed by atoms with Crippen LogP contribution in [-0.2, 0) is 0 Å². The molecule has 0 spiro atoms. The maximum absolute atomic E-state index is 9.30. The number of nitriles is 1. The summed E-state index contributed by atoms with van der Waals surface area (Å²) < 4.78 is 5.54. The highest BCUT2D eigenvalue weighted by Crippen LogP contribution is 2.39. The summed E-state index contributed by atoms with van der Waals surface area (Å²) in [6.45, 7) is 4.31. The molecular formula is C28H31N5O. The Bertz CT molecular complexity index is 1350. The van der Waals surface area contributed by atoms with Gasteiger partial charge in [0.15, 0.2) is 0 Å². The molecule has 2 aliphatic rings. The molecule has 1 aliphatic carbocycles. The predicted octanol–water partition coefficient (Wildman–Crippen LogP) is 5.38. The molecule has 0 radical (unpaired) electrons. The van der Waals surface area contributed by atoms with Gasteiger partial charge in [-0.2, -0.15) is 5.26 Å². The van der Waals surface area contributed by atoms with Crippen molar-refractivity contribution >= 4 is 27.5 Å². The molecule has 0 bridgehead atoms. The summed E-state index contributed by atoms with van der Waals surface area (Å²) in [4.78, 5) is 12.0. The lowest BCUT2D eigenvalue weighted by molar-refractivity contribution is 0.141. The Morgan fingerprint density at radius 3 is 2.50 bits per heavy atom. The number of H-pyrrole nitrogens is 2. The van der Waals surface area contributed by atoms with Crippen molar-refractivity contribution in [3.63, 3.8) is 0 Å². The van der Waals surface area contributed by atoms with E-state index in [0.717, 1.165) is 48.5 Å². The molecule has 6 heteroatoms. The lowest BCUT2D eigenvalue weighted by atomic mass is 9.81. The van der Waals surface area contributed by atoms with Crippen molar-refractivity contribution in [3.05, 3.63) is 59.9 Å². The van der Waals surface area contributed by atoms with Crippen LogP contribution in [0.3, 0.4) is 0 Å². The van der Waals surface area contributed by atoms with Gasteiger partial charge in [0.25, 0.3) is 0 Å². The quantitative estimate of drug-likeness (QED) is 0.435. The predicted molar refractivity (Wildman–Crippen MR) is 137 cm³/mol. The molecule has 3 heterocycles.